The second-order valence-electron chi connectivity index (χ2n) is 7.18. The minimum Gasteiger partial charge on any atom is -0.490 e. The summed E-state index contributed by atoms with van der Waals surface area (Å²) < 4.78 is 9.22. The van der Waals surface area contributed by atoms with Crippen LogP contribution in [0.25, 0.3) is 10.9 Å². The molecule has 5 nitrogen and oxygen atoms in total. The van der Waals surface area contributed by atoms with Gasteiger partial charge in [-0.3, -0.25) is 4.79 Å². The number of unbranched alkanes of at least 4 members (excludes halogenated alkanes) is 1. The molecule has 0 fully saturated rings. The molecule has 0 aliphatic heterocycles. The molecule has 0 aliphatic carbocycles. The quantitative estimate of drug-likeness (QED) is 0.236. The van der Waals surface area contributed by atoms with Gasteiger partial charge in [-0.1, -0.05) is 36.2 Å². The van der Waals surface area contributed by atoms with Crippen molar-refractivity contribution in [3.63, 3.8) is 0 Å². The van der Waals surface area contributed by atoms with Crippen molar-refractivity contribution in [1.29, 1.82) is 0 Å². The zero-order valence-electron chi connectivity index (χ0n) is 17.4. The van der Waals surface area contributed by atoms with Crippen LogP contribution in [0.5, 0.6) is 5.75 Å². The average molecular weight is 582 g/mol. The first-order valence-corrected chi connectivity index (χ1v) is 12.0. The minimum atomic E-state index is -0.157. The molecule has 0 radical (unpaired) electrons. The van der Waals surface area contributed by atoms with Crippen LogP contribution in [0.4, 0.5) is 0 Å². The van der Waals surface area contributed by atoms with E-state index in [9.17, 15) is 4.79 Å². The van der Waals surface area contributed by atoms with E-state index in [1.54, 1.807) is 12.3 Å². The molecular weight excluding hydrogens is 557 g/mol. The van der Waals surface area contributed by atoms with Crippen LogP contribution in [0.1, 0.15) is 51.4 Å². The van der Waals surface area contributed by atoms with Crippen LogP contribution >= 0.6 is 38.5 Å². The zero-order valence-corrected chi connectivity index (χ0v) is 21.1. The van der Waals surface area contributed by atoms with Gasteiger partial charge in [0.25, 0.3) is 5.56 Å². The molecule has 158 valence electrons. The number of hydrogen-bond acceptors (Lipinski definition) is 4. The van der Waals surface area contributed by atoms with Gasteiger partial charge in [0.2, 0.25) is 0 Å². The fourth-order valence-electron chi connectivity index (χ4n) is 2.93. The summed E-state index contributed by atoms with van der Waals surface area (Å²) in [6.45, 7) is 6.28. The highest BCUT2D eigenvalue weighted by molar-refractivity contribution is 14.1. The molecule has 0 spiro atoms. The second kappa shape index (κ2) is 10.5. The highest BCUT2D eigenvalue weighted by atomic mass is 127. The number of hydrogen-bond donors (Lipinski definition) is 0. The Morgan fingerprint density at radius 1 is 1.27 bits per heavy atom. The third kappa shape index (κ3) is 5.49. The number of halogens is 2. The van der Waals surface area contributed by atoms with Crippen molar-refractivity contribution in [3.05, 3.63) is 66.2 Å². The van der Waals surface area contributed by atoms with Gasteiger partial charge in [0, 0.05) is 10.9 Å². The summed E-state index contributed by atoms with van der Waals surface area (Å²) in [6.07, 6.45) is 5.50. The van der Waals surface area contributed by atoms with Crippen LogP contribution in [0, 0.1) is 3.57 Å². The summed E-state index contributed by atoms with van der Waals surface area (Å²) in [5.41, 5.74) is 1.44. The number of ether oxygens (including phenoxy) is 1. The summed E-state index contributed by atoms with van der Waals surface area (Å²) in [5, 5.41) is 5.06. The van der Waals surface area contributed by atoms with Crippen molar-refractivity contribution in [2.75, 3.05) is 0 Å². The van der Waals surface area contributed by atoms with E-state index in [0.29, 0.717) is 23.1 Å². The van der Waals surface area contributed by atoms with Crippen molar-refractivity contribution in [2.24, 2.45) is 5.10 Å². The fraction of sp³-hybridized carbons (Fsp3) is 0.348. The molecular formula is C23H25BrIN3O2. The van der Waals surface area contributed by atoms with Crippen molar-refractivity contribution >= 4 is 55.6 Å². The van der Waals surface area contributed by atoms with Crippen LogP contribution < -0.4 is 10.3 Å². The fourth-order valence-corrected chi connectivity index (χ4v) is 3.96. The number of rotatable bonds is 8. The van der Waals surface area contributed by atoms with Crippen molar-refractivity contribution in [1.82, 2.24) is 9.66 Å². The van der Waals surface area contributed by atoms with E-state index in [1.165, 1.54) is 4.68 Å². The minimum absolute atomic E-state index is 0.157. The Morgan fingerprint density at radius 2 is 2.07 bits per heavy atom. The van der Waals surface area contributed by atoms with E-state index >= 15 is 0 Å². The van der Waals surface area contributed by atoms with Crippen LogP contribution in [0.15, 0.2) is 50.8 Å². The van der Waals surface area contributed by atoms with Gasteiger partial charge >= 0.3 is 0 Å². The lowest BCUT2D eigenvalue weighted by Crippen LogP contribution is -2.22. The summed E-state index contributed by atoms with van der Waals surface area (Å²) >= 11 is 5.70. The van der Waals surface area contributed by atoms with Crippen LogP contribution in [0.3, 0.4) is 0 Å². The maximum absolute atomic E-state index is 13.1. The molecule has 30 heavy (non-hydrogen) atoms. The molecule has 1 aromatic heterocycles. The molecule has 1 atom stereocenters. The smallest absolute Gasteiger partial charge is 0.282 e. The van der Waals surface area contributed by atoms with Gasteiger partial charge in [0.1, 0.15) is 11.6 Å². The van der Waals surface area contributed by atoms with E-state index in [1.807, 2.05) is 30.3 Å². The highest BCUT2D eigenvalue weighted by Crippen LogP contribution is 2.23. The Kier molecular flexibility index (Phi) is 8.05. The Bertz CT molecular complexity index is 1130. The van der Waals surface area contributed by atoms with E-state index in [2.05, 4.69) is 64.4 Å². The largest absolute Gasteiger partial charge is 0.490 e. The molecule has 0 amide bonds. The lowest BCUT2D eigenvalue weighted by atomic mass is 10.2. The molecule has 0 N–H and O–H groups in total. The van der Waals surface area contributed by atoms with Crippen LogP contribution in [0.2, 0.25) is 0 Å². The van der Waals surface area contributed by atoms with E-state index in [4.69, 9.17) is 9.72 Å². The highest BCUT2D eigenvalue weighted by Gasteiger charge is 2.11. The van der Waals surface area contributed by atoms with Gasteiger partial charge in [-0.25, -0.2) is 4.98 Å². The Balaban J connectivity index is 1.99. The molecule has 0 aliphatic rings. The predicted octanol–water partition coefficient (Wildman–Crippen LogP) is 6.17. The van der Waals surface area contributed by atoms with E-state index < -0.39 is 0 Å². The van der Waals surface area contributed by atoms with Crippen LogP contribution in [-0.2, 0) is 6.42 Å². The molecule has 0 bridgehead atoms. The first-order valence-electron chi connectivity index (χ1n) is 10.1. The number of aryl methyl sites for hydroxylation is 1. The SMILES string of the molecule is CCCCc1nc2ccc(Br)cc2c(=O)n1N=Cc1ccc(O[C@@H](C)CC)c(I)c1. The summed E-state index contributed by atoms with van der Waals surface area (Å²) in [5.74, 6) is 1.54. The maximum Gasteiger partial charge on any atom is 0.282 e. The predicted molar refractivity (Wildman–Crippen MR) is 135 cm³/mol. The first-order chi connectivity index (χ1) is 14.4. The second-order valence-corrected chi connectivity index (χ2v) is 9.26. The molecule has 0 saturated heterocycles. The third-order valence-corrected chi connectivity index (χ3v) is 6.15. The van der Waals surface area contributed by atoms with Gasteiger partial charge in [-0.05, 0) is 84.3 Å². The van der Waals surface area contributed by atoms with Gasteiger partial charge in [0.15, 0.2) is 0 Å². The average Bonchev–Trinajstić information content (AvgIpc) is 2.73. The van der Waals surface area contributed by atoms with Crippen molar-refractivity contribution in [3.8, 4) is 5.75 Å². The van der Waals surface area contributed by atoms with Gasteiger partial charge in [-0.2, -0.15) is 9.78 Å². The van der Waals surface area contributed by atoms with Crippen molar-refractivity contribution in [2.45, 2.75) is 52.6 Å². The van der Waals surface area contributed by atoms with E-state index in [-0.39, 0.29) is 11.7 Å². The zero-order chi connectivity index (χ0) is 21.7. The number of fused-ring (bicyclic) bond motifs is 1. The summed E-state index contributed by atoms with van der Waals surface area (Å²) in [6, 6.07) is 11.5. The molecule has 0 saturated carbocycles. The Hall–Kier alpha value is -1.74. The van der Waals surface area contributed by atoms with E-state index in [0.717, 1.165) is 38.6 Å². The monoisotopic (exact) mass is 581 g/mol. The molecule has 0 unspecified atom stereocenters. The molecule has 7 heteroatoms. The van der Waals surface area contributed by atoms with Gasteiger partial charge in [0.05, 0.1) is 26.8 Å². The molecule has 1 heterocycles. The number of benzene rings is 2. The number of aromatic nitrogens is 2. The summed E-state index contributed by atoms with van der Waals surface area (Å²) in [7, 11) is 0. The molecule has 2 aromatic carbocycles. The maximum atomic E-state index is 13.1. The van der Waals surface area contributed by atoms with Gasteiger partial charge in [-0.15, -0.1) is 0 Å². The normalized spacial score (nSPS) is 12.6. The Morgan fingerprint density at radius 3 is 2.77 bits per heavy atom. The standard InChI is InChI=1S/C23H25BrIN3O2/c1-4-6-7-22-27-20-10-9-17(24)13-18(20)23(29)28(22)26-14-16-8-11-21(19(25)12-16)30-15(3)5-2/h8-15H,4-7H2,1-3H3/t15-/m0/s1. The summed E-state index contributed by atoms with van der Waals surface area (Å²) in [4.78, 5) is 17.8. The van der Waals surface area contributed by atoms with Gasteiger partial charge < -0.3 is 4.74 Å². The lowest BCUT2D eigenvalue weighted by Gasteiger charge is -2.14. The first kappa shape index (κ1) is 22.9. The lowest BCUT2D eigenvalue weighted by molar-refractivity contribution is 0.216. The number of nitrogens with zero attached hydrogens (tertiary/aromatic N) is 3. The Labute approximate surface area is 198 Å². The molecule has 3 rings (SSSR count). The molecule has 3 aromatic rings. The van der Waals surface area contributed by atoms with Crippen LogP contribution in [-0.4, -0.2) is 22.0 Å². The van der Waals surface area contributed by atoms with Crippen molar-refractivity contribution < 1.29 is 4.74 Å². The topological polar surface area (TPSA) is 56.5 Å². The third-order valence-electron chi connectivity index (χ3n) is 4.81.